The molecular weight excluding hydrogens is 372 g/mol. The van der Waals surface area contributed by atoms with Gasteiger partial charge in [0.15, 0.2) is 0 Å². The second kappa shape index (κ2) is 10.4. The van der Waals surface area contributed by atoms with Gasteiger partial charge in [0.1, 0.15) is 6.17 Å². The van der Waals surface area contributed by atoms with Crippen LogP contribution < -0.4 is 10.6 Å². The molecule has 0 heterocycles. The van der Waals surface area contributed by atoms with Gasteiger partial charge < -0.3 is 10.6 Å². The lowest BCUT2D eigenvalue weighted by molar-refractivity contribution is -0.122. The number of nitrogens with one attached hydrogen (secondary N) is 2. The van der Waals surface area contributed by atoms with E-state index in [1.165, 1.54) is 11.1 Å². The molecule has 0 aromatic heterocycles. The molecule has 154 valence electrons. The van der Waals surface area contributed by atoms with Crippen molar-refractivity contribution in [3.63, 3.8) is 0 Å². The van der Waals surface area contributed by atoms with E-state index in [9.17, 15) is 9.59 Å². The third-order valence-electron chi connectivity index (χ3n) is 5.37. The quantitative estimate of drug-likeness (QED) is 0.402. The van der Waals surface area contributed by atoms with Crippen molar-refractivity contribution in [3.05, 3.63) is 89.5 Å². The Morgan fingerprint density at radius 3 is 2.47 bits per heavy atom. The molecule has 0 fully saturated rings. The third kappa shape index (κ3) is 5.35. The fraction of sp³-hybridized carbons (Fsp3) is 0.231. The van der Waals surface area contributed by atoms with Crippen LogP contribution >= 0.6 is 0 Å². The normalized spacial score (nSPS) is 12.4. The average molecular weight is 401 g/mol. The van der Waals surface area contributed by atoms with Gasteiger partial charge in [0.2, 0.25) is 12.3 Å². The van der Waals surface area contributed by atoms with Crippen LogP contribution in [0.2, 0.25) is 0 Å². The van der Waals surface area contributed by atoms with Crippen molar-refractivity contribution in [1.82, 2.24) is 10.6 Å². The summed E-state index contributed by atoms with van der Waals surface area (Å²) in [5.74, 6) is -0.0810. The molecule has 0 saturated carbocycles. The fourth-order valence-electron chi connectivity index (χ4n) is 3.81. The lowest BCUT2D eigenvalue weighted by Gasteiger charge is -2.19. The van der Waals surface area contributed by atoms with Gasteiger partial charge in [-0.2, -0.15) is 0 Å². The lowest BCUT2D eigenvalue weighted by Crippen LogP contribution is -2.46. The van der Waals surface area contributed by atoms with Crippen LogP contribution in [0.5, 0.6) is 0 Å². The molecule has 30 heavy (non-hydrogen) atoms. The number of carbonyl (C=O) groups excluding carboxylic acids is 2. The highest BCUT2D eigenvalue weighted by atomic mass is 16.2. The molecule has 0 aliphatic carbocycles. The molecule has 1 atom stereocenters. The van der Waals surface area contributed by atoms with Crippen LogP contribution in [-0.2, 0) is 16.0 Å². The monoisotopic (exact) mass is 400 g/mol. The predicted octanol–water partition coefficient (Wildman–Crippen LogP) is 4.76. The Labute approximate surface area is 178 Å². The maximum atomic E-state index is 12.6. The Morgan fingerprint density at radius 1 is 0.967 bits per heavy atom. The molecule has 0 aliphatic heterocycles. The molecule has 2 amide bonds. The van der Waals surface area contributed by atoms with E-state index in [2.05, 4.69) is 54.0 Å². The molecule has 0 bridgehead atoms. The summed E-state index contributed by atoms with van der Waals surface area (Å²) in [6, 6.07) is 22.4. The summed E-state index contributed by atoms with van der Waals surface area (Å²) in [5, 5.41) is 7.98. The van der Waals surface area contributed by atoms with Crippen LogP contribution in [0.25, 0.3) is 16.3 Å². The van der Waals surface area contributed by atoms with Crippen molar-refractivity contribution in [3.8, 4) is 0 Å². The van der Waals surface area contributed by atoms with E-state index < -0.39 is 6.17 Å². The molecule has 3 aromatic rings. The average Bonchev–Trinajstić information content (AvgIpc) is 2.76. The molecule has 3 rings (SSSR count). The zero-order chi connectivity index (χ0) is 21.3. The highest BCUT2D eigenvalue weighted by molar-refractivity contribution is 5.86. The van der Waals surface area contributed by atoms with E-state index in [0.717, 1.165) is 21.9 Å². The highest BCUT2D eigenvalue weighted by Crippen LogP contribution is 2.23. The standard InChI is InChI=1S/C26H28N2O2/c1-3-20(23-13-6-4-9-19(23)2)15-16-26(30)28-25(27-18-29)17-22-12-8-11-21-10-5-7-14-24(21)22/h3-14,18,25H,15-17H2,1-2H3,(H,27,29)(H,28,30)/b20-3-/t25-/m1/s1. The second-order valence-corrected chi connectivity index (χ2v) is 7.38. The number of aryl methyl sites for hydroxylation is 1. The molecule has 0 aliphatic rings. The van der Waals surface area contributed by atoms with E-state index in [1.54, 1.807) is 0 Å². The second-order valence-electron chi connectivity index (χ2n) is 7.38. The first-order valence-corrected chi connectivity index (χ1v) is 10.3. The summed E-state index contributed by atoms with van der Waals surface area (Å²) in [6.45, 7) is 4.07. The van der Waals surface area contributed by atoms with Crippen LogP contribution in [0.15, 0.2) is 72.8 Å². The zero-order valence-corrected chi connectivity index (χ0v) is 17.5. The number of amides is 2. The Kier molecular flexibility index (Phi) is 7.39. The Balaban J connectivity index is 1.65. The zero-order valence-electron chi connectivity index (χ0n) is 17.5. The minimum absolute atomic E-state index is 0.0810. The highest BCUT2D eigenvalue weighted by Gasteiger charge is 2.14. The van der Waals surface area contributed by atoms with Crippen molar-refractivity contribution in [2.24, 2.45) is 0 Å². The summed E-state index contributed by atoms with van der Waals surface area (Å²) in [4.78, 5) is 23.7. The first-order chi connectivity index (χ1) is 14.6. The van der Waals surface area contributed by atoms with Crippen LogP contribution in [0.4, 0.5) is 0 Å². The number of fused-ring (bicyclic) bond motifs is 1. The van der Waals surface area contributed by atoms with Gasteiger partial charge >= 0.3 is 0 Å². The molecule has 0 saturated heterocycles. The smallest absolute Gasteiger partial charge is 0.221 e. The van der Waals surface area contributed by atoms with Crippen LogP contribution in [0.3, 0.4) is 0 Å². The molecular formula is C26H28N2O2. The van der Waals surface area contributed by atoms with Crippen molar-refractivity contribution in [1.29, 1.82) is 0 Å². The SMILES string of the molecule is C/C=C(/CCC(=O)N[C@H](Cc1cccc2ccccc12)NC=O)c1ccccc1C. The van der Waals surface area contributed by atoms with Crippen molar-refractivity contribution < 1.29 is 9.59 Å². The van der Waals surface area contributed by atoms with E-state index in [4.69, 9.17) is 0 Å². The maximum absolute atomic E-state index is 12.6. The van der Waals surface area contributed by atoms with Crippen LogP contribution in [0.1, 0.15) is 36.5 Å². The van der Waals surface area contributed by atoms with Gasteiger partial charge in [-0.05, 0) is 53.3 Å². The largest absolute Gasteiger partial charge is 0.338 e. The first-order valence-electron chi connectivity index (χ1n) is 10.3. The first kappa shape index (κ1) is 21.3. The van der Waals surface area contributed by atoms with E-state index in [-0.39, 0.29) is 5.91 Å². The Bertz CT molecular complexity index is 1050. The van der Waals surface area contributed by atoms with Gasteiger partial charge in [-0.3, -0.25) is 9.59 Å². The van der Waals surface area contributed by atoms with Crippen LogP contribution in [-0.4, -0.2) is 18.5 Å². The molecule has 0 radical (unpaired) electrons. The maximum Gasteiger partial charge on any atom is 0.221 e. The minimum Gasteiger partial charge on any atom is -0.338 e. The van der Waals surface area contributed by atoms with Crippen molar-refractivity contribution in [2.45, 2.75) is 39.3 Å². The minimum atomic E-state index is -0.451. The number of hydrogen-bond donors (Lipinski definition) is 2. The molecule has 0 unspecified atom stereocenters. The molecule has 4 heteroatoms. The molecule has 2 N–H and O–H groups in total. The van der Waals surface area contributed by atoms with Gasteiger partial charge in [0.05, 0.1) is 0 Å². The van der Waals surface area contributed by atoms with Crippen LogP contribution in [0, 0.1) is 6.92 Å². The summed E-state index contributed by atoms with van der Waals surface area (Å²) in [6.07, 6.45) is 3.79. The molecule has 0 spiro atoms. The van der Waals surface area contributed by atoms with Gasteiger partial charge in [-0.1, -0.05) is 72.8 Å². The third-order valence-corrected chi connectivity index (χ3v) is 5.37. The summed E-state index contributed by atoms with van der Waals surface area (Å²) in [5.41, 5.74) is 4.60. The number of benzene rings is 3. The van der Waals surface area contributed by atoms with Gasteiger partial charge in [0, 0.05) is 12.8 Å². The lowest BCUT2D eigenvalue weighted by atomic mass is 9.96. The topological polar surface area (TPSA) is 58.2 Å². The fourth-order valence-corrected chi connectivity index (χ4v) is 3.81. The number of hydrogen-bond acceptors (Lipinski definition) is 2. The van der Waals surface area contributed by atoms with E-state index in [1.807, 2.05) is 43.3 Å². The van der Waals surface area contributed by atoms with Gasteiger partial charge in [-0.25, -0.2) is 0 Å². The van der Waals surface area contributed by atoms with E-state index in [0.29, 0.717) is 25.7 Å². The Hall–Kier alpha value is -3.40. The van der Waals surface area contributed by atoms with Gasteiger partial charge in [0.25, 0.3) is 0 Å². The summed E-state index contributed by atoms with van der Waals surface area (Å²) < 4.78 is 0. The van der Waals surface area contributed by atoms with Crippen molar-refractivity contribution >= 4 is 28.7 Å². The predicted molar refractivity (Wildman–Crippen MR) is 123 cm³/mol. The van der Waals surface area contributed by atoms with Crippen molar-refractivity contribution in [2.75, 3.05) is 0 Å². The summed E-state index contributed by atoms with van der Waals surface area (Å²) >= 11 is 0. The number of carbonyl (C=O) groups is 2. The molecule has 3 aromatic carbocycles. The number of allylic oxidation sites excluding steroid dienone is 2. The van der Waals surface area contributed by atoms with Gasteiger partial charge in [-0.15, -0.1) is 0 Å². The number of rotatable bonds is 9. The van der Waals surface area contributed by atoms with E-state index >= 15 is 0 Å². The molecule has 4 nitrogen and oxygen atoms in total. The summed E-state index contributed by atoms with van der Waals surface area (Å²) in [7, 11) is 0. The Morgan fingerprint density at radius 2 is 1.70 bits per heavy atom.